The second-order valence-corrected chi connectivity index (χ2v) is 5.35. The van der Waals surface area contributed by atoms with E-state index in [4.69, 9.17) is 16.3 Å². The lowest BCUT2D eigenvalue weighted by atomic mass is 10.3. The molecular formula is C14H13BrClFN2O. The molecule has 0 aliphatic rings. The monoisotopic (exact) mass is 358 g/mol. The standard InChI is InChI=1S/C14H13BrClFN2O/c1-2-18-7-9-5-12(16)14(19-8-9)20-10-3-4-11(15)13(17)6-10/h3-6,8,18H,2,7H2,1H3. The average Bonchev–Trinajstić information content (AvgIpc) is 2.43. The minimum atomic E-state index is -0.401. The van der Waals surface area contributed by atoms with Gasteiger partial charge in [-0.15, -0.1) is 0 Å². The Bertz CT molecular complexity index is 610. The summed E-state index contributed by atoms with van der Waals surface area (Å²) >= 11 is 9.19. The molecule has 0 spiro atoms. The summed E-state index contributed by atoms with van der Waals surface area (Å²) in [7, 11) is 0. The van der Waals surface area contributed by atoms with Crippen molar-refractivity contribution in [3.05, 3.63) is 51.3 Å². The molecule has 0 radical (unpaired) electrons. The van der Waals surface area contributed by atoms with Gasteiger partial charge in [-0.25, -0.2) is 9.37 Å². The average molecular weight is 360 g/mol. The van der Waals surface area contributed by atoms with Crippen molar-refractivity contribution in [3.8, 4) is 11.6 Å². The van der Waals surface area contributed by atoms with Crippen LogP contribution >= 0.6 is 27.5 Å². The number of hydrogen-bond acceptors (Lipinski definition) is 3. The first kappa shape index (κ1) is 15.2. The van der Waals surface area contributed by atoms with E-state index in [9.17, 15) is 4.39 Å². The van der Waals surface area contributed by atoms with Crippen molar-refractivity contribution in [2.75, 3.05) is 6.54 Å². The molecule has 0 amide bonds. The summed E-state index contributed by atoms with van der Waals surface area (Å²) in [5.74, 6) is 0.204. The zero-order valence-corrected chi connectivity index (χ0v) is 13.1. The van der Waals surface area contributed by atoms with Crippen LogP contribution in [0.2, 0.25) is 5.02 Å². The Morgan fingerprint density at radius 1 is 1.40 bits per heavy atom. The number of aromatic nitrogens is 1. The van der Waals surface area contributed by atoms with E-state index in [1.165, 1.54) is 6.07 Å². The third kappa shape index (κ3) is 3.91. The normalized spacial score (nSPS) is 10.6. The van der Waals surface area contributed by atoms with Crippen molar-refractivity contribution in [1.82, 2.24) is 10.3 Å². The fourth-order valence-corrected chi connectivity index (χ4v) is 2.03. The fraction of sp³-hybridized carbons (Fsp3) is 0.214. The zero-order valence-electron chi connectivity index (χ0n) is 10.8. The van der Waals surface area contributed by atoms with Gasteiger partial charge < -0.3 is 10.1 Å². The highest BCUT2D eigenvalue weighted by Gasteiger charge is 2.08. The predicted octanol–water partition coefficient (Wildman–Crippen LogP) is 4.54. The molecule has 0 aliphatic carbocycles. The Labute approximate surface area is 130 Å². The van der Waals surface area contributed by atoms with Crippen molar-refractivity contribution in [1.29, 1.82) is 0 Å². The number of nitrogens with one attached hydrogen (secondary N) is 1. The molecule has 0 saturated heterocycles. The van der Waals surface area contributed by atoms with Crippen LogP contribution in [-0.4, -0.2) is 11.5 Å². The van der Waals surface area contributed by atoms with Crippen LogP contribution in [0.15, 0.2) is 34.9 Å². The first-order valence-electron chi connectivity index (χ1n) is 6.08. The number of pyridine rings is 1. The predicted molar refractivity (Wildman–Crippen MR) is 80.8 cm³/mol. The van der Waals surface area contributed by atoms with E-state index >= 15 is 0 Å². The van der Waals surface area contributed by atoms with Gasteiger partial charge in [0.1, 0.15) is 16.6 Å². The van der Waals surface area contributed by atoms with Crippen molar-refractivity contribution in [2.24, 2.45) is 0 Å². The zero-order chi connectivity index (χ0) is 14.5. The number of rotatable bonds is 5. The minimum Gasteiger partial charge on any atom is -0.437 e. The maximum absolute atomic E-state index is 13.4. The Kier molecular flexibility index (Phi) is 5.34. The van der Waals surface area contributed by atoms with E-state index in [2.05, 4.69) is 26.2 Å². The SMILES string of the molecule is CCNCc1cnc(Oc2ccc(Br)c(F)c2)c(Cl)c1. The molecule has 0 atom stereocenters. The van der Waals surface area contributed by atoms with E-state index in [1.807, 2.05) is 6.92 Å². The molecule has 1 N–H and O–H groups in total. The Morgan fingerprint density at radius 3 is 2.85 bits per heavy atom. The van der Waals surface area contributed by atoms with Crippen LogP contribution in [0.1, 0.15) is 12.5 Å². The molecule has 0 fully saturated rings. The van der Waals surface area contributed by atoms with Gasteiger partial charge in [0.15, 0.2) is 0 Å². The summed E-state index contributed by atoms with van der Waals surface area (Å²) < 4.78 is 19.3. The highest BCUT2D eigenvalue weighted by molar-refractivity contribution is 9.10. The molecule has 2 aromatic rings. The van der Waals surface area contributed by atoms with Crippen LogP contribution in [0.4, 0.5) is 4.39 Å². The van der Waals surface area contributed by atoms with Gasteiger partial charge in [-0.2, -0.15) is 0 Å². The van der Waals surface area contributed by atoms with E-state index in [0.29, 0.717) is 21.8 Å². The van der Waals surface area contributed by atoms with Crippen molar-refractivity contribution in [2.45, 2.75) is 13.5 Å². The van der Waals surface area contributed by atoms with Gasteiger partial charge >= 0.3 is 0 Å². The van der Waals surface area contributed by atoms with Crippen LogP contribution < -0.4 is 10.1 Å². The van der Waals surface area contributed by atoms with E-state index in [1.54, 1.807) is 24.4 Å². The number of benzene rings is 1. The topological polar surface area (TPSA) is 34.2 Å². The molecule has 106 valence electrons. The van der Waals surface area contributed by atoms with Crippen LogP contribution in [-0.2, 0) is 6.54 Å². The molecular weight excluding hydrogens is 347 g/mol. The molecule has 0 aliphatic heterocycles. The number of nitrogens with zero attached hydrogens (tertiary/aromatic N) is 1. The molecule has 1 heterocycles. The molecule has 0 unspecified atom stereocenters. The summed E-state index contributed by atoms with van der Waals surface area (Å²) in [5, 5.41) is 3.57. The summed E-state index contributed by atoms with van der Waals surface area (Å²) in [4.78, 5) is 4.15. The Hall–Kier alpha value is -1.17. The fourth-order valence-electron chi connectivity index (χ4n) is 1.56. The largest absolute Gasteiger partial charge is 0.437 e. The van der Waals surface area contributed by atoms with Gasteiger partial charge in [0, 0.05) is 18.8 Å². The highest BCUT2D eigenvalue weighted by atomic mass is 79.9. The maximum atomic E-state index is 13.4. The number of hydrogen-bond donors (Lipinski definition) is 1. The molecule has 1 aromatic carbocycles. The van der Waals surface area contributed by atoms with E-state index < -0.39 is 5.82 Å². The molecule has 6 heteroatoms. The molecule has 0 bridgehead atoms. The van der Waals surface area contributed by atoms with Crippen LogP contribution in [0.5, 0.6) is 11.6 Å². The first-order valence-corrected chi connectivity index (χ1v) is 7.25. The third-order valence-electron chi connectivity index (χ3n) is 2.55. The molecule has 3 nitrogen and oxygen atoms in total. The van der Waals surface area contributed by atoms with Crippen molar-refractivity contribution in [3.63, 3.8) is 0 Å². The van der Waals surface area contributed by atoms with E-state index in [-0.39, 0.29) is 5.88 Å². The quantitative estimate of drug-likeness (QED) is 0.851. The number of ether oxygens (including phenoxy) is 1. The summed E-state index contributed by atoms with van der Waals surface area (Å²) in [6.07, 6.45) is 1.68. The van der Waals surface area contributed by atoms with Gasteiger partial charge in [0.05, 0.1) is 4.47 Å². The second kappa shape index (κ2) is 7.02. The Balaban J connectivity index is 2.14. The van der Waals surface area contributed by atoms with Gasteiger partial charge in [-0.05, 0) is 46.2 Å². The molecule has 2 rings (SSSR count). The van der Waals surface area contributed by atoms with Gasteiger partial charge in [0.2, 0.25) is 5.88 Å². The van der Waals surface area contributed by atoms with Crippen LogP contribution in [0, 0.1) is 5.82 Å². The Morgan fingerprint density at radius 2 is 2.20 bits per heavy atom. The molecule has 1 aromatic heterocycles. The molecule has 20 heavy (non-hydrogen) atoms. The lowest BCUT2D eigenvalue weighted by Crippen LogP contribution is -2.11. The second-order valence-electron chi connectivity index (χ2n) is 4.09. The smallest absolute Gasteiger partial charge is 0.238 e. The highest BCUT2D eigenvalue weighted by Crippen LogP contribution is 2.29. The summed E-state index contributed by atoms with van der Waals surface area (Å²) in [6, 6.07) is 6.26. The van der Waals surface area contributed by atoms with Crippen LogP contribution in [0.25, 0.3) is 0 Å². The number of halogens is 3. The summed E-state index contributed by atoms with van der Waals surface area (Å²) in [6.45, 7) is 3.58. The lowest BCUT2D eigenvalue weighted by Gasteiger charge is -2.08. The van der Waals surface area contributed by atoms with Crippen LogP contribution in [0.3, 0.4) is 0 Å². The van der Waals surface area contributed by atoms with E-state index in [0.717, 1.165) is 12.1 Å². The minimum absolute atomic E-state index is 0.258. The third-order valence-corrected chi connectivity index (χ3v) is 3.46. The summed E-state index contributed by atoms with van der Waals surface area (Å²) in [5.41, 5.74) is 0.964. The van der Waals surface area contributed by atoms with Gasteiger partial charge in [0.25, 0.3) is 0 Å². The van der Waals surface area contributed by atoms with Crippen molar-refractivity contribution >= 4 is 27.5 Å². The van der Waals surface area contributed by atoms with Gasteiger partial charge in [-0.1, -0.05) is 18.5 Å². The maximum Gasteiger partial charge on any atom is 0.238 e. The van der Waals surface area contributed by atoms with Crippen molar-refractivity contribution < 1.29 is 9.13 Å². The first-order chi connectivity index (χ1) is 9.60. The van der Waals surface area contributed by atoms with Gasteiger partial charge in [-0.3, -0.25) is 0 Å². The molecule has 0 saturated carbocycles. The lowest BCUT2D eigenvalue weighted by molar-refractivity contribution is 0.457.